The molecule has 3 rings (SSSR count). The molecule has 3 aliphatic rings. The van der Waals surface area contributed by atoms with E-state index in [1.807, 2.05) is 0 Å². The van der Waals surface area contributed by atoms with Crippen molar-refractivity contribution in [3.05, 3.63) is 0 Å². The fourth-order valence-electron chi connectivity index (χ4n) is 4.74. The van der Waals surface area contributed by atoms with Crippen molar-refractivity contribution in [3.63, 3.8) is 0 Å². The van der Waals surface area contributed by atoms with Crippen LogP contribution in [-0.4, -0.2) is 55.1 Å². The third-order valence-electron chi connectivity index (χ3n) is 6.00. The summed E-state index contributed by atoms with van der Waals surface area (Å²) in [5.74, 6) is 1.74. The van der Waals surface area contributed by atoms with Crippen molar-refractivity contribution in [1.82, 2.24) is 9.80 Å². The minimum Gasteiger partial charge on any atom is -0.330 e. The standard InChI is InChI=1S/C17H33N3/c18-13-16-5-1-2-6-17(16)20-11-7-15(8-12-20)14-19-9-3-4-10-19/h15-17H,1-14,18H2. The van der Waals surface area contributed by atoms with Crippen LogP contribution in [0.5, 0.6) is 0 Å². The van der Waals surface area contributed by atoms with Gasteiger partial charge in [0.2, 0.25) is 0 Å². The molecular formula is C17H33N3. The lowest BCUT2D eigenvalue weighted by atomic mass is 9.82. The van der Waals surface area contributed by atoms with Crippen LogP contribution in [-0.2, 0) is 0 Å². The van der Waals surface area contributed by atoms with Crippen LogP contribution in [0.25, 0.3) is 0 Å². The first-order valence-corrected chi connectivity index (χ1v) is 9.03. The number of rotatable bonds is 4. The van der Waals surface area contributed by atoms with Crippen LogP contribution >= 0.6 is 0 Å². The van der Waals surface area contributed by atoms with E-state index in [2.05, 4.69) is 9.80 Å². The SMILES string of the molecule is NCC1CCCCC1N1CCC(CN2CCCC2)CC1. The Balaban J connectivity index is 1.45. The molecule has 3 nitrogen and oxygen atoms in total. The summed E-state index contributed by atoms with van der Waals surface area (Å²) >= 11 is 0. The molecule has 2 unspecified atom stereocenters. The van der Waals surface area contributed by atoms with E-state index in [9.17, 15) is 0 Å². The molecule has 0 aromatic carbocycles. The Morgan fingerprint density at radius 3 is 2.20 bits per heavy atom. The topological polar surface area (TPSA) is 32.5 Å². The van der Waals surface area contributed by atoms with Gasteiger partial charge >= 0.3 is 0 Å². The highest BCUT2D eigenvalue weighted by Crippen LogP contribution is 2.31. The lowest BCUT2D eigenvalue weighted by Crippen LogP contribution is -2.49. The summed E-state index contributed by atoms with van der Waals surface area (Å²) in [5.41, 5.74) is 6.00. The molecule has 3 fully saturated rings. The van der Waals surface area contributed by atoms with E-state index < -0.39 is 0 Å². The summed E-state index contributed by atoms with van der Waals surface area (Å²) in [5, 5.41) is 0. The van der Waals surface area contributed by atoms with Gasteiger partial charge in [0.15, 0.2) is 0 Å². The largest absolute Gasteiger partial charge is 0.330 e. The van der Waals surface area contributed by atoms with Crippen molar-refractivity contribution >= 4 is 0 Å². The molecule has 20 heavy (non-hydrogen) atoms. The van der Waals surface area contributed by atoms with Crippen molar-refractivity contribution in [1.29, 1.82) is 0 Å². The van der Waals surface area contributed by atoms with Gasteiger partial charge in [0.05, 0.1) is 0 Å². The maximum Gasteiger partial charge on any atom is 0.0136 e. The predicted molar refractivity (Wildman–Crippen MR) is 84.8 cm³/mol. The van der Waals surface area contributed by atoms with Crippen LogP contribution in [0, 0.1) is 11.8 Å². The highest BCUT2D eigenvalue weighted by molar-refractivity contribution is 4.87. The van der Waals surface area contributed by atoms with Gasteiger partial charge in [-0.05, 0) is 83.1 Å². The number of hydrogen-bond donors (Lipinski definition) is 1. The fourth-order valence-corrected chi connectivity index (χ4v) is 4.74. The number of nitrogens with two attached hydrogens (primary N) is 1. The van der Waals surface area contributed by atoms with Gasteiger partial charge in [-0.2, -0.15) is 0 Å². The van der Waals surface area contributed by atoms with Gasteiger partial charge in [-0.1, -0.05) is 12.8 Å². The maximum atomic E-state index is 6.00. The maximum absolute atomic E-state index is 6.00. The molecule has 2 heterocycles. The summed E-state index contributed by atoms with van der Waals surface area (Å²) in [4.78, 5) is 5.49. The summed E-state index contributed by atoms with van der Waals surface area (Å²) in [6.07, 6.45) is 11.3. The Morgan fingerprint density at radius 2 is 1.50 bits per heavy atom. The first-order valence-electron chi connectivity index (χ1n) is 9.03. The van der Waals surface area contributed by atoms with E-state index in [1.165, 1.54) is 84.1 Å². The van der Waals surface area contributed by atoms with Gasteiger partial charge in [0.25, 0.3) is 0 Å². The molecule has 2 saturated heterocycles. The molecule has 116 valence electrons. The lowest BCUT2D eigenvalue weighted by molar-refractivity contribution is 0.0639. The van der Waals surface area contributed by atoms with Crippen LogP contribution in [0.15, 0.2) is 0 Å². The Labute approximate surface area is 124 Å². The lowest BCUT2D eigenvalue weighted by Gasteiger charge is -2.43. The third-order valence-corrected chi connectivity index (χ3v) is 6.00. The highest BCUT2D eigenvalue weighted by atomic mass is 15.2. The number of likely N-dealkylation sites (tertiary alicyclic amines) is 2. The monoisotopic (exact) mass is 279 g/mol. The normalized spacial score (nSPS) is 34.6. The average Bonchev–Trinajstić information content (AvgIpc) is 3.01. The van der Waals surface area contributed by atoms with E-state index in [0.29, 0.717) is 0 Å². The van der Waals surface area contributed by atoms with Crippen molar-refractivity contribution < 1.29 is 0 Å². The average molecular weight is 279 g/mol. The number of nitrogens with zero attached hydrogens (tertiary/aromatic N) is 2. The summed E-state index contributed by atoms with van der Waals surface area (Å²) in [6, 6.07) is 0.807. The van der Waals surface area contributed by atoms with E-state index >= 15 is 0 Å². The molecule has 2 atom stereocenters. The first kappa shape index (κ1) is 14.8. The molecule has 0 aromatic rings. The van der Waals surface area contributed by atoms with Crippen molar-refractivity contribution in [2.24, 2.45) is 17.6 Å². The second kappa shape index (κ2) is 7.24. The summed E-state index contributed by atoms with van der Waals surface area (Å²) in [6.45, 7) is 7.66. The molecule has 0 amide bonds. The van der Waals surface area contributed by atoms with E-state index in [1.54, 1.807) is 0 Å². The van der Waals surface area contributed by atoms with Gasteiger partial charge < -0.3 is 15.5 Å². The van der Waals surface area contributed by atoms with Crippen molar-refractivity contribution in [2.45, 2.75) is 57.4 Å². The second-order valence-corrected chi connectivity index (χ2v) is 7.33. The van der Waals surface area contributed by atoms with Crippen molar-refractivity contribution in [2.75, 3.05) is 39.3 Å². The molecule has 2 N–H and O–H groups in total. The van der Waals surface area contributed by atoms with E-state index in [0.717, 1.165) is 24.4 Å². The van der Waals surface area contributed by atoms with Crippen LogP contribution in [0.2, 0.25) is 0 Å². The fraction of sp³-hybridized carbons (Fsp3) is 1.00. The quantitative estimate of drug-likeness (QED) is 0.857. The highest BCUT2D eigenvalue weighted by Gasteiger charge is 2.32. The predicted octanol–water partition coefficient (Wildman–Crippen LogP) is 2.31. The van der Waals surface area contributed by atoms with Crippen LogP contribution < -0.4 is 5.73 Å². The smallest absolute Gasteiger partial charge is 0.0136 e. The number of piperidine rings is 1. The van der Waals surface area contributed by atoms with Gasteiger partial charge in [-0.15, -0.1) is 0 Å². The van der Waals surface area contributed by atoms with Gasteiger partial charge in [0.1, 0.15) is 0 Å². The van der Waals surface area contributed by atoms with Crippen LogP contribution in [0.3, 0.4) is 0 Å². The molecule has 0 aromatic heterocycles. The van der Waals surface area contributed by atoms with Gasteiger partial charge in [-0.3, -0.25) is 0 Å². The Hall–Kier alpha value is -0.120. The molecule has 0 radical (unpaired) electrons. The zero-order chi connectivity index (χ0) is 13.8. The number of hydrogen-bond acceptors (Lipinski definition) is 3. The summed E-state index contributed by atoms with van der Waals surface area (Å²) < 4.78 is 0. The first-order chi connectivity index (χ1) is 9.86. The summed E-state index contributed by atoms with van der Waals surface area (Å²) in [7, 11) is 0. The Bertz CT molecular complexity index is 280. The van der Waals surface area contributed by atoms with E-state index in [-0.39, 0.29) is 0 Å². The van der Waals surface area contributed by atoms with Gasteiger partial charge in [-0.25, -0.2) is 0 Å². The van der Waals surface area contributed by atoms with E-state index in [4.69, 9.17) is 5.73 Å². The molecule has 3 heteroatoms. The van der Waals surface area contributed by atoms with Crippen LogP contribution in [0.1, 0.15) is 51.4 Å². The molecule has 0 spiro atoms. The molecular weight excluding hydrogens is 246 g/mol. The molecule has 0 bridgehead atoms. The van der Waals surface area contributed by atoms with Crippen LogP contribution in [0.4, 0.5) is 0 Å². The van der Waals surface area contributed by atoms with Gasteiger partial charge in [0, 0.05) is 12.6 Å². The minimum atomic E-state index is 0.777. The minimum absolute atomic E-state index is 0.777. The molecule has 2 aliphatic heterocycles. The molecule has 1 aliphatic carbocycles. The second-order valence-electron chi connectivity index (χ2n) is 7.33. The third kappa shape index (κ3) is 3.55. The Kier molecular flexibility index (Phi) is 5.36. The Morgan fingerprint density at radius 1 is 0.800 bits per heavy atom. The van der Waals surface area contributed by atoms with Crippen molar-refractivity contribution in [3.8, 4) is 0 Å². The zero-order valence-corrected chi connectivity index (χ0v) is 13.1. The molecule has 1 saturated carbocycles. The zero-order valence-electron chi connectivity index (χ0n) is 13.1.